The van der Waals surface area contributed by atoms with Gasteiger partial charge in [-0.3, -0.25) is 4.79 Å². The number of carbonyl (C=O) groups excluding carboxylic acids is 2. The maximum Gasteiger partial charge on any atom is 0.326 e. The molecule has 0 aromatic heterocycles. The van der Waals surface area contributed by atoms with Crippen molar-refractivity contribution in [3.05, 3.63) is 29.8 Å². The molecule has 0 aliphatic rings. The fraction of sp³-hybridized carbons (Fsp3) is 0.438. The molecule has 1 atom stereocenters. The summed E-state index contributed by atoms with van der Waals surface area (Å²) < 4.78 is 0. The zero-order valence-corrected chi connectivity index (χ0v) is 13.7. The Morgan fingerprint density at radius 3 is 1.96 bits per heavy atom. The number of rotatable bonds is 6. The van der Waals surface area contributed by atoms with E-state index in [2.05, 4.69) is 16.0 Å². The van der Waals surface area contributed by atoms with Crippen LogP contribution in [-0.4, -0.2) is 35.1 Å². The number of carboxylic acid groups (broad SMARTS) is 1. The van der Waals surface area contributed by atoms with Crippen molar-refractivity contribution in [2.24, 2.45) is 5.92 Å². The molecule has 0 saturated heterocycles. The second kappa shape index (κ2) is 8.17. The third kappa shape index (κ3) is 5.98. The van der Waals surface area contributed by atoms with E-state index in [-0.39, 0.29) is 18.0 Å². The highest BCUT2D eigenvalue weighted by atomic mass is 16.4. The van der Waals surface area contributed by atoms with Crippen LogP contribution in [0.4, 0.5) is 10.5 Å². The van der Waals surface area contributed by atoms with Crippen LogP contribution in [-0.2, 0) is 4.79 Å². The molecule has 0 spiro atoms. The van der Waals surface area contributed by atoms with Crippen molar-refractivity contribution in [1.29, 1.82) is 0 Å². The first-order valence-electron chi connectivity index (χ1n) is 7.42. The minimum atomic E-state index is -1.07. The van der Waals surface area contributed by atoms with Crippen molar-refractivity contribution in [3.8, 4) is 0 Å². The van der Waals surface area contributed by atoms with Gasteiger partial charge in [-0.2, -0.15) is 0 Å². The van der Waals surface area contributed by atoms with E-state index < -0.39 is 17.9 Å². The predicted molar refractivity (Wildman–Crippen MR) is 87.5 cm³/mol. The second-order valence-corrected chi connectivity index (χ2v) is 5.86. The SMILES string of the molecule is CC(C)NC(=O)Nc1ccc(C(=O)N[C@@H](C(=O)O)C(C)C)cc1. The molecule has 1 aromatic carbocycles. The standard InChI is InChI=1S/C16H23N3O4/c1-9(2)13(15(21)22)19-14(20)11-5-7-12(8-6-11)18-16(23)17-10(3)4/h5-10,13H,1-4H3,(H,19,20)(H,21,22)(H2,17,18,23)/t13-/m1/s1. The van der Waals surface area contributed by atoms with Crippen molar-refractivity contribution in [2.45, 2.75) is 39.8 Å². The first-order valence-corrected chi connectivity index (χ1v) is 7.42. The Kier molecular flexibility index (Phi) is 6.56. The van der Waals surface area contributed by atoms with Gasteiger partial charge >= 0.3 is 12.0 Å². The van der Waals surface area contributed by atoms with Crippen LogP contribution in [0.2, 0.25) is 0 Å². The summed E-state index contributed by atoms with van der Waals surface area (Å²) >= 11 is 0. The fourth-order valence-corrected chi connectivity index (χ4v) is 1.87. The molecule has 0 fully saturated rings. The van der Waals surface area contributed by atoms with Gasteiger partial charge in [0.15, 0.2) is 0 Å². The van der Waals surface area contributed by atoms with Gasteiger partial charge in [0.1, 0.15) is 6.04 Å². The number of aliphatic carboxylic acids is 1. The lowest BCUT2D eigenvalue weighted by molar-refractivity contribution is -0.140. The number of hydrogen-bond donors (Lipinski definition) is 4. The van der Waals surface area contributed by atoms with Gasteiger partial charge in [0.25, 0.3) is 5.91 Å². The molecule has 126 valence electrons. The smallest absolute Gasteiger partial charge is 0.326 e. The van der Waals surface area contributed by atoms with E-state index in [1.165, 1.54) is 12.1 Å². The van der Waals surface area contributed by atoms with Gasteiger partial charge in [0.2, 0.25) is 0 Å². The summed E-state index contributed by atoms with van der Waals surface area (Å²) in [7, 11) is 0. The highest BCUT2D eigenvalue weighted by Gasteiger charge is 2.23. The van der Waals surface area contributed by atoms with E-state index in [0.29, 0.717) is 11.3 Å². The van der Waals surface area contributed by atoms with Crippen LogP contribution in [0.3, 0.4) is 0 Å². The Bertz CT molecular complexity index is 567. The summed E-state index contributed by atoms with van der Waals surface area (Å²) in [5.74, 6) is -1.77. The number of nitrogens with one attached hydrogen (secondary N) is 3. The number of hydrogen-bond acceptors (Lipinski definition) is 3. The molecule has 0 aliphatic heterocycles. The highest BCUT2D eigenvalue weighted by molar-refractivity contribution is 5.97. The minimum absolute atomic E-state index is 0.0176. The summed E-state index contributed by atoms with van der Waals surface area (Å²) in [6.45, 7) is 7.14. The van der Waals surface area contributed by atoms with Gasteiger partial charge in [0, 0.05) is 17.3 Å². The molecule has 0 unspecified atom stereocenters. The first-order chi connectivity index (χ1) is 10.7. The Morgan fingerprint density at radius 2 is 1.52 bits per heavy atom. The summed E-state index contributed by atoms with van der Waals surface area (Å²) in [6.07, 6.45) is 0. The lowest BCUT2D eigenvalue weighted by Crippen LogP contribution is -2.44. The van der Waals surface area contributed by atoms with Crippen molar-refractivity contribution < 1.29 is 19.5 Å². The van der Waals surface area contributed by atoms with Crippen LogP contribution in [0.5, 0.6) is 0 Å². The molecule has 0 saturated carbocycles. The fourth-order valence-electron chi connectivity index (χ4n) is 1.87. The monoisotopic (exact) mass is 321 g/mol. The number of anilines is 1. The summed E-state index contributed by atoms with van der Waals surface area (Å²) in [4.78, 5) is 34.7. The van der Waals surface area contributed by atoms with Crippen LogP contribution < -0.4 is 16.0 Å². The molecule has 0 bridgehead atoms. The van der Waals surface area contributed by atoms with E-state index in [1.54, 1.807) is 26.0 Å². The Hall–Kier alpha value is -2.57. The topological polar surface area (TPSA) is 108 Å². The molecule has 0 heterocycles. The quantitative estimate of drug-likeness (QED) is 0.643. The van der Waals surface area contributed by atoms with Crippen LogP contribution in [0.1, 0.15) is 38.1 Å². The predicted octanol–water partition coefficient (Wildman–Crippen LogP) is 2.06. The Balaban J connectivity index is 2.70. The first kappa shape index (κ1) is 18.5. The lowest BCUT2D eigenvalue weighted by Gasteiger charge is -2.18. The number of carbonyl (C=O) groups is 3. The zero-order valence-electron chi connectivity index (χ0n) is 13.7. The minimum Gasteiger partial charge on any atom is -0.480 e. The number of benzene rings is 1. The third-order valence-corrected chi connectivity index (χ3v) is 3.04. The molecular weight excluding hydrogens is 298 g/mol. The average Bonchev–Trinajstić information content (AvgIpc) is 2.43. The Morgan fingerprint density at radius 1 is 0.957 bits per heavy atom. The molecular formula is C16H23N3O4. The van der Waals surface area contributed by atoms with Gasteiger partial charge in [-0.05, 0) is 44.0 Å². The van der Waals surface area contributed by atoms with Gasteiger partial charge in [-0.15, -0.1) is 0 Å². The second-order valence-electron chi connectivity index (χ2n) is 5.86. The van der Waals surface area contributed by atoms with Gasteiger partial charge in [0.05, 0.1) is 0 Å². The molecule has 1 rings (SSSR count). The number of carboxylic acids is 1. The van der Waals surface area contributed by atoms with Gasteiger partial charge in [-0.1, -0.05) is 13.8 Å². The largest absolute Gasteiger partial charge is 0.480 e. The van der Waals surface area contributed by atoms with Crippen molar-refractivity contribution in [3.63, 3.8) is 0 Å². The average molecular weight is 321 g/mol. The van der Waals surface area contributed by atoms with Gasteiger partial charge in [-0.25, -0.2) is 9.59 Å². The maximum atomic E-state index is 12.1. The van der Waals surface area contributed by atoms with Gasteiger partial charge < -0.3 is 21.1 Å². The highest BCUT2D eigenvalue weighted by Crippen LogP contribution is 2.11. The number of urea groups is 1. The van der Waals surface area contributed by atoms with Crippen LogP contribution >= 0.6 is 0 Å². The molecule has 3 amide bonds. The van der Waals surface area contributed by atoms with E-state index in [9.17, 15) is 14.4 Å². The van der Waals surface area contributed by atoms with Crippen molar-refractivity contribution in [1.82, 2.24) is 10.6 Å². The summed E-state index contributed by atoms with van der Waals surface area (Å²) in [5.41, 5.74) is 0.866. The van der Waals surface area contributed by atoms with Crippen LogP contribution in [0.25, 0.3) is 0 Å². The van der Waals surface area contributed by atoms with E-state index >= 15 is 0 Å². The van der Waals surface area contributed by atoms with Crippen molar-refractivity contribution in [2.75, 3.05) is 5.32 Å². The van der Waals surface area contributed by atoms with E-state index in [4.69, 9.17) is 5.11 Å². The molecule has 7 nitrogen and oxygen atoms in total. The molecule has 0 radical (unpaired) electrons. The van der Waals surface area contributed by atoms with E-state index in [1.807, 2.05) is 13.8 Å². The van der Waals surface area contributed by atoms with Crippen molar-refractivity contribution >= 4 is 23.6 Å². The molecule has 4 N–H and O–H groups in total. The van der Waals surface area contributed by atoms with Crippen LogP contribution in [0, 0.1) is 5.92 Å². The normalized spacial score (nSPS) is 11.9. The lowest BCUT2D eigenvalue weighted by atomic mass is 10.0. The van der Waals surface area contributed by atoms with E-state index in [0.717, 1.165) is 0 Å². The third-order valence-electron chi connectivity index (χ3n) is 3.04. The molecule has 7 heteroatoms. The molecule has 1 aromatic rings. The maximum absolute atomic E-state index is 12.1. The number of amides is 3. The summed E-state index contributed by atoms with van der Waals surface area (Å²) in [6, 6.07) is 4.96. The van der Waals surface area contributed by atoms with Crippen LogP contribution in [0.15, 0.2) is 24.3 Å². The summed E-state index contributed by atoms with van der Waals surface area (Å²) in [5, 5.41) is 16.9. The zero-order chi connectivity index (χ0) is 17.6. The Labute approximate surface area is 135 Å². The molecule has 0 aliphatic carbocycles. The molecule has 23 heavy (non-hydrogen) atoms.